The van der Waals surface area contributed by atoms with Crippen LogP contribution in [-0.4, -0.2) is 22.4 Å². The molecule has 4 saturated carbocycles. The van der Waals surface area contributed by atoms with Gasteiger partial charge < -0.3 is 5.11 Å². The zero-order chi connectivity index (χ0) is 15.7. The van der Waals surface area contributed by atoms with E-state index in [2.05, 4.69) is 13.8 Å². The van der Waals surface area contributed by atoms with Crippen LogP contribution in [0.4, 0.5) is 0 Å². The average molecular weight is 325 g/mol. The molecule has 0 spiro atoms. The van der Waals surface area contributed by atoms with Crippen LogP contribution in [0.15, 0.2) is 0 Å². The molecular weight excluding hydrogens is 296 g/mol. The van der Waals surface area contributed by atoms with Crippen molar-refractivity contribution >= 4 is 17.4 Å². The third-order valence-corrected chi connectivity index (χ3v) is 8.98. The van der Waals surface area contributed by atoms with Crippen LogP contribution in [-0.2, 0) is 4.79 Å². The molecule has 0 amide bonds. The van der Waals surface area contributed by atoms with Gasteiger partial charge in [0.15, 0.2) is 0 Å². The Balaban J connectivity index is 1.65. The van der Waals surface area contributed by atoms with Crippen molar-refractivity contribution in [3.63, 3.8) is 0 Å². The Hall–Kier alpha value is -0.0800. The number of ketones is 1. The molecule has 0 aromatic carbocycles. The lowest BCUT2D eigenvalue weighted by Gasteiger charge is -2.61. The number of hydrogen-bond acceptors (Lipinski definition) is 2. The summed E-state index contributed by atoms with van der Waals surface area (Å²) in [7, 11) is 0. The number of carbonyl (C=O) groups excluding carboxylic acids is 1. The molecule has 0 heterocycles. The second kappa shape index (κ2) is 4.96. The van der Waals surface area contributed by atoms with Gasteiger partial charge in [-0.15, -0.1) is 11.6 Å². The molecule has 0 aromatic rings. The number of hydrogen-bond donors (Lipinski definition) is 1. The summed E-state index contributed by atoms with van der Waals surface area (Å²) >= 11 is 6.62. The number of Topliss-reactive ketones (excluding diaryl/α,β-unsaturated/α-hetero) is 1. The fraction of sp³-hybridized carbons (Fsp3) is 0.947. The zero-order valence-corrected chi connectivity index (χ0v) is 14.6. The van der Waals surface area contributed by atoms with Crippen molar-refractivity contribution in [1.82, 2.24) is 0 Å². The molecule has 2 nitrogen and oxygen atoms in total. The van der Waals surface area contributed by atoms with Crippen molar-refractivity contribution in [2.75, 3.05) is 0 Å². The predicted molar refractivity (Wildman–Crippen MR) is 87.8 cm³/mol. The number of fused-ring (bicyclic) bond motifs is 5. The Morgan fingerprint density at radius 1 is 1.00 bits per heavy atom. The van der Waals surface area contributed by atoms with Gasteiger partial charge in [0.2, 0.25) is 0 Å². The van der Waals surface area contributed by atoms with Gasteiger partial charge in [-0.25, -0.2) is 0 Å². The molecule has 0 aliphatic heterocycles. The SMILES string of the molecule is C[C@]12CC[C@H](O)[C@@H](Cl)[C@H]1CC[C@@H]1[C@@H]2CC[C@@]2(C)C(=O)CC[C@@H]12. The second-order valence-corrected chi connectivity index (χ2v) is 9.54. The third-order valence-electron chi connectivity index (χ3n) is 8.38. The summed E-state index contributed by atoms with van der Waals surface area (Å²) in [6.07, 6.45) is 8.19. The number of alkyl halides is 1. The van der Waals surface area contributed by atoms with Crippen molar-refractivity contribution in [2.45, 2.75) is 76.7 Å². The number of halogens is 1. The van der Waals surface area contributed by atoms with Crippen LogP contribution in [0.2, 0.25) is 0 Å². The summed E-state index contributed by atoms with van der Waals surface area (Å²) in [5.41, 5.74) is 0.250. The van der Waals surface area contributed by atoms with Gasteiger partial charge in [-0.2, -0.15) is 0 Å². The topological polar surface area (TPSA) is 37.3 Å². The first kappa shape index (κ1) is 15.4. The largest absolute Gasteiger partial charge is 0.392 e. The minimum atomic E-state index is -0.321. The van der Waals surface area contributed by atoms with E-state index in [0.29, 0.717) is 29.5 Å². The minimum absolute atomic E-state index is 0.0289. The fourth-order valence-corrected chi connectivity index (χ4v) is 7.58. The Bertz CT molecular complexity index is 492. The summed E-state index contributed by atoms with van der Waals surface area (Å²) in [5.74, 6) is 3.02. The van der Waals surface area contributed by atoms with Gasteiger partial charge in [0.25, 0.3) is 0 Å². The molecule has 0 saturated heterocycles. The smallest absolute Gasteiger partial charge is 0.139 e. The first-order valence-corrected chi connectivity index (χ1v) is 9.67. The molecule has 4 rings (SSSR count). The highest BCUT2D eigenvalue weighted by molar-refractivity contribution is 6.21. The molecule has 22 heavy (non-hydrogen) atoms. The molecule has 0 unspecified atom stereocenters. The first-order valence-electron chi connectivity index (χ1n) is 9.23. The summed E-state index contributed by atoms with van der Waals surface area (Å²) in [6, 6.07) is 0. The third kappa shape index (κ3) is 1.86. The van der Waals surface area contributed by atoms with E-state index >= 15 is 0 Å². The van der Waals surface area contributed by atoms with E-state index in [0.717, 1.165) is 38.5 Å². The van der Waals surface area contributed by atoms with Gasteiger partial charge in [0.05, 0.1) is 11.5 Å². The molecule has 8 atom stereocenters. The van der Waals surface area contributed by atoms with Gasteiger partial charge in [0.1, 0.15) is 5.78 Å². The van der Waals surface area contributed by atoms with Crippen LogP contribution in [0.3, 0.4) is 0 Å². The maximum Gasteiger partial charge on any atom is 0.139 e. The Kier molecular flexibility index (Phi) is 3.48. The van der Waals surface area contributed by atoms with Crippen LogP contribution in [0.25, 0.3) is 0 Å². The summed E-state index contributed by atoms with van der Waals surface area (Å²) in [5, 5.41) is 10.1. The number of aliphatic hydroxyl groups is 1. The van der Waals surface area contributed by atoms with E-state index in [9.17, 15) is 9.90 Å². The molecule has 0 radical (unpaired) electrons. The molecule has 124 valence electrons. The fourth-order valence-electron chi connectivity index (χ4n) is 7.04. The van der Waals surface area contributed by atoms with Crippen LogP contribution in [0.5, 0.6) is 0 Å². The van der Waals surface area contributed by atoms with Crippen LogP contribution >= 0.6 is 11.6 Å². The van der Waals surface area contributed by atoms with Gasteiger partial charge in [-0.05, 0) is 74.0 Å². The van der Waals surface area contributed by atoms with Crippen LogP contribution in [0.1, 0.15) is 65.2 Å². The van der Waals surface area contributed by atoms with E-state index < -0.39 is 0 Å². The standard InChI is InChI=1S/C19H29ClO2/c1-18-10-8-15(21)17(20)14(18)4-3-11-12-5-6-16(22)19(12,2)9-7-13(11)18/h11-15,17,21H,3-10H2,1-2H3/t11-,12-,13-,14+,15-,17-,18+,19+/m0/s1. The van der Waals surface area contributed by atoms with Gasteiger partial charge >= 0.3 is 0 Å². The van der Waals surface area contributed by atoms with E-state index in [1.165, 1.54) is 12.8 Å². The van der Waals surface area contributed by atoms with Crippen LogP contribution in [0, 0.1) is 34.5 Å². The number of rotatable bonds is 0. The minimum Gasteiger partial charge on any atom is -0.392 e. The van der Waals surface area contributed by atoms with Gasteiger partial charge in [0, 0.05) is 11.8 Å². The summed E-state index contributed by atoms with van der Waals surface area (Å²) in [6.45, 7) is 4.68. The lowest BCUT2D eigenvalue weighted by molar-refractivity contribution is -0.141. The van der Waals surface area contributed by atoms with Gasteiger partial charge in [-0.1, -0.05) is 13.8 Å². The van der Waals surface area contributed by atoms with E-state index in [1.807, 2.05) is 0 Å². The van der Waals surface area contributed by atoms with Crippen molar-refractivity contribution in [1.29, 1.82) is 0 Å². The molecule has 1 N–H and O–H groups in total. The Labute approximate surface area is 139 Å². The number of aliphatic hydroxyl groups excluding tert-OH is 1. The maximum absolute atomic E-state index is 12.4. The summed E-state index contributed by atoms with van der Waals surface area (Å²) < 4.78 is 0. The van der Waals surface area contributed by atoms with Crippen molar-refractivity contribution in [3.8, 4) is 0 Å². The summed E-state index contributed by atoms with van der Waals surface area (Å²) in [4.78, 5) is 12.4. The Morgan fingerprint density at radius 2 is 1.77 bits per heavy atom. The molecule has 0 bridgehead atoms. The molecule has 4 aliphatic carbocycles. The quantitative estimate of drug-likeness (QED) is 0.679. The zero-order valence-electron chi connectivity index (χ0n) is 13.9. The lowest BCUT2D eigenvalue weighted by Crippen LogP contribution is -2.57. The molecule has 4 fully saturated rings. The van der Waals surface area contributed by atoms with Crippen LogP contribution < -0.4 is 0 Å². The lowest BCUT2D eigenvalue weighted by atomic mass is 9.45. The van der Waals surface area contributed by atoms with Crippen molar-refractivity contribution < 1.29 is 9.90 Å². The second-order valence-electron chi connectivity index (χ2n) is 9.03. The molecule has 0 aromatic heterocycles. The Morgan fingerprint density at radius 3 is 2.55 bits per heavy atom. The van der Waals surface area contributed by atoms with Gasteiger partial charge in [-0.3, -0.25) is 4.79 Å². The van der Waals surface area contributed by atoms with E-state index in [-0.39, 0.29) is 22.3 Å². The highest BCUT2D eigenvalue weighted by Gasteiger charge is 2.61. The predicted octanol–water partition coefficient (Wildman–Crippen LogP) is 4.18. The highest BCUT2D eigenvalue weighted by atomic mass is 35.5. The number of carbonyl (C=O) groups is 1. The molecule has 4 aliphatic rings. The highest BCUT2D eigenvalue weighted by Crippen LogP contribution is 2.65. The van der Waals surface area contributed by atoms with E-state index in [4.69, 9.17) is 11.6 Å². The van der Waals surface area contributed by atoms with Crippen molar-refractivity contribution in [3.05, 3.63) is 0 Å². The average Bonchev–Trinajstić information content (AvgIpc) is 2.79. The van der Waals surface area contributed by atoms with E-state index in [1.54, 1.807) is 0 Å². The van der Waals surface area contributed by atoms with Crippen molar-refractivity contribution in [2.24, 2.45) is 34.5 Å². The molecule has 3 heteroatoms. The normalized spacial score (nSPS) is 57.9. The maximum atomic E-state index is 12.4. The molecular formula is C19H29ClO2. The monoisotopic (exact) mass is 324 g/mol. The first-order chi connectivity index (χ1) is 10.4.